The van der Waals surface area contributed by atoms with Crippen LogP contribution in [0.3, 0.4) is 0 Å². The van der Waals surface area contributed by atoms with Crippen molar-refractivity contribution in [1.82, 2.24) is 36.5 Å². The Labute approximate surface area is 446 Å². The average molecular weight is 1050 g/mol. The van der Waals surface area contributed by atoms with Crippen molar-refractivity contribution in [3.8, 4) is 5.75 Å². The molecule has 0 saturated carbocycles. The molecule has 7 amide bonds. The minimum absolute atomic E-state index is 0.0500. The predicted octanol–water partition coefficient (Wildman–Crippen LogP) is 3.98. The van der Waals surface area contributed by atoms with Gasteiger partial charge < -0.3 is 57.4 Å². The van der Waals surface area contributed by atoms with Crippen molar-refractivity contribution in [2.24, 2.45) is 11.5 Å². The van der Waals surface area contributed by atoms with Crippen LogP contribution in [0.4, 0.5) is 10.6 Å². The lowest BCUT2D eigenvalue weighted by Gasteiger charge is -2.33. The number of nitrogens with two attached hydrogens (primary N) is 2. The number of amides is 7. The molecule has 3 heterocycles. The van der Waals surface area contributed by atoms with Crippen LogP contribution in [0.15, 0.2) is 140 Å². The molecule has 19 nitrogen and oxygen atoms in total. The number of carbonyl (C=O) groups is 7. The van der Waals surface area contributed by atoms with Gasteiger partial charge in [-0.15, -0.1) is 0 Å². The SMILES string of the molecule is Cc1c(N2C(=O)CNC(=O)[C@H](c3ccccc3)NC(=O)[C@@H]3C[C@@H](OC(=O)NCCN)CN3C(=O)[C@H](Cc3ccccc3)NC(=O)[C@H](Cc3ccc(OCc4ccccc4)cc3)NC(=O)[C@@H]2CCCCN)[nH]c2ccccc12. The second-order valence-corrected chi connectivity index (χ2v) is 19.2. The lowest BCUT2D eigenvalue weighted by atomic mass is 10.00. The number of aromatic nitrogens is 1. The van der Waals surface area contributed by atoms with Gasteiger partial charge in [-0.2, -0.15) is 0 Å². The Hall–Kier alpha value is -8.55. The van der Waals surface area contributed by atoms with Crippen molar-refractivity contribution in [3.63, 3.8) is 0 Å². The van der Waals surface area contributed by atoms with Crippen LogP contribution in [0.2, 0.25) is 0 Å². The zero-order valence-corrected chi connectivity index (χ0v) is 43.0. The summed E-state index contributed by atoms with van der Waals surface area (Å²) in [4.78, 5) is 109. The second-order valence-electron chi connectivity index (χ2n) is 19.2. The zero-order valence-electron chi connectivity index (χ0n) is 43.0. The van der Waals surface area contributed by atoms with Crippen LogP contribution in [0, 0.1) is 6.92 Å². The van der Waals surface area contributed by atoms with Crippen LogP contribution in [-0.2, 0) is 53.0 Å². The number of benzene rings is 5. The number of carbonyl (C=O) groups excluding carboxylic acids is 7. The standard InChI is InChI=1S/C58H66N10O9/c1-37-44-21-11-12-22-45(44)63-52(37)68-48(23-13-14-28-59)54(71)64-46(31-39-24-26-42(27-25-39)76-36-40-17-7-3-8-18-40)53(70)65-47(32-38-15-5-2-6-16-38)57(74)67-35-43(77-58(75)61-30-29-60)33-49(67)55(72)66-51(41-19-9-4-10-20-41)56(73)62-34-50(68)69/h2-12,15-22,24-27,43,46-49,51,63H,13-14,23,28-36,59-60H2,1H3,(H,61,75)(H,62,73)(H,64,71)(H,65,70)(H,66,72)/t43-,46+,47+,48+,49+,51+/m1/s1. The number of nitrogens with zero attached hydrogens (tertiary/aromatic N) is 2. The van der Waals surface area contributed by atoms with E-state index in [-0.39, 0.29) is 45.3 Å². The molecule has 2 aliphatic rings. The van der Waals surface area contributed by atoms with Crippen LogP contribution in [0.25, 0.3) is 10.9 Å². The first-order valence-corrected chi connectivity index (χ1v) is 26.0. The maximum Gasteiger partial charge on any atom is 0.407 e. The Morgan fingerprint density at radius 3 is 2.00 bits per heavy atom. The zero-order chi connectivity index (χ0) is 54.3. The number of unbranched alkanes of at least 4 members (excludes halogenated alkanes) is 1. The van der Waals surface area contributed by atoms with Gasteiger partial charge in [0.2, 0.25) is 35.4 Å². The molecule has 0 radical (unpaired) electrons. The monoisotopic (exact) mass is 1050 g/mol. The van der Waals surface area contributed by atoms with Crippen LogP contribution >= 0.6 is 0 Å². The minimum atomic E-state index is -1.39. The summed E-state index contributed by atoms with van der Waals surface area (Å²) in [6, 6.07) is 34.9. The second kappa shape index (κ2) is 26.3. The van der Waals surface area contributed by atoms with E-state index in [9.17, 15) is 14.4 Å². The van der Waals surface area contributed by atoms with Crippen molar-refractivity contribution < 1.29 is 43.0 Å². The highest BCUT2D eigenvalue weighted by Crippen LogP contribution is 2.32. The van der Waals surface area contributed by atoms with E-state index >= 15 is 19.2 Å². The third-order valence-electron chi connectivity index (χ3n) is 13.8. The van der Waals surface area contributed by atoms with E-state index in [1.165, 1.54) is 9.80 Å². The summed E-state index contributed by atoms with van der Waals surface area (Å²) in [6.07, 6.45) is -1.11. The van der Waals surface area contributed by atoms with Crippen LogP contribution in [0.5, 0.6) is 5.75 Å². The Balaban J connectivity index is 1.22. The van der Waals surface area contributed by atoms with Gasteiger partial charge in [-0.1, -0.05) is 121 Å². The van der Waals surface area contributed by atoms with E-state index < -0.39 is 84.4 Å². The summed E-state index contributed by atoms with van der Waals surface area (Å²) < 4.78 is 11.8. The number of rotatable bonds is 16. The molecule has 2 aliphatic heterocycles. The van der Waals surface area contributed by atoms with Crippen molar-refractivity contribution in [1.29, 1.82) is 0 Å². The summed E-state index contributed by atoms with van der Waals surface area (Å²) in [5.74, 6) is -3.42. The first kappa shape index (κ1) is 54.7. The number of hydrogen-bond acceptors (Lipinski definition) is 11. The topological polar surface area (TPSA) is 272 Å². The molecule has 0 aliphatic carbocycles. The summed E-state index contributed by atoms with van der Waals surface area (Å²) in [5.41, 5.74) is 15.6. The third kappa shape index (κ3) is 14.0. The summed E-state index contributed by atoms with van der Waals surface area (Å²) in [7, 11) is 0. The number of nitrogens with one attached hydrogen (secondary N) is 6. The molecule has 19 heteroatoms. The summed E-state index contributed by atoms with van der Waals surface area (Å²) >= 11 is 0. The van der Waals surface area contributed by atoms with Gasteiger partial charge in [-0.3, -0.25) is 33.7 Å². The molecule has 2 saturated heterocycles. The van der Waals surface area contributed by atoms with Gasteiger partial charge in [0.05, 0.1) is 13.1 Å². The number of H-pyrrole nitrogens is 1. The minimum Gasteiger partial charge on any atom is -0.489 e. The molecule has 5 aromatic carbocycles. The fraction of sp³-hybridized carbons (Fsp3) is 0.328. The van der Waals surface area contributed by atoms with Gasteiger partial charge in [0.1, 0.15) is 54.5 Å². The number of para-hydroxylation sites is 1. The molecular formula is C58H66N10O9. The van der Waals surface area contributed by atoms with Crippen LogP contribution in [-0.4, -0.2) is 114 Å². The third-order valence-corrected chi connectivity index (χ3v) is 13.8. The lowest BCUT2D eigenvalue weighted by Crippen LogP contribution is -2.60. The van der Waals surface area contributed by atoms with E-state index in [0.717, 1.165) is 10.9 Å². The fourth-order valence-corrected chi connectivity index (χ4v) is 9.80. The quantitative estimate of drug-likeness (QED) is 0.0643. The van der Waals surface area contributed by atoms with E-state index in [4.69, 9.17) is 20.9 Å². The van der Waals surface area contributed by atoms with Crippen molar-refractivity contribution >= 4 is 58.3 Å². The predicted molar refractivity (Wildman–Crippen MR) is 290 cm³/mol. The number of fused-ring (bicyclic) bond motifs is 2. The molecule has 77 heavy (non-hydrogen) atoms. The smallest absolute Gasteiger partial charge is 0.407 e. The summed E-state index contributed by atoms with van der Waals surface area (Å²) in [6.45, 7) is 1.81. The highest BCUT2D eigenvalue weighted by Gasteiger charge is 2.45. The van der Waals surface area contributed by atoms with Crippen molar-refractivity contribution in [3.05, 3.63) is 167 Å². The molecule has 10 N–H and O–H groups in total. The first-order valence-electron chi connectivity index (χ1n) is 26.0. The molecule has 6 atom stereocenters. The maximum atomic E-state index is 15.4. The van der Waals surface area contributed by atoms with Gasteiger partial charge in [-0.05, 0) is 78.7 Å². The Kier molecular flexibility index (Phi) is 18.7. The number of aryl methyl sites for hydroxylation is 1. The number of aromatic amines is 1. The molecule has 0 unspecified atom stereocenters. The Morgan fingerprint density at radius 1 is 0.675 bits per heavy atom. The van der Waals surface area contributed by atoms with Crippen molar-refractivity contribution in [2.75, 3.05) is 37.6 Å². The highest BCUT2D eigenvalue weighted by atomic mass is 16.6. The van der Waals surface area contributed by atoms with Crippen LogP contribution in [0.1, 0.15) is 59.5 Å². The number of hydrogen-bond donors (Lipinski definition) is 8. The largest absolute Gasteiger partial charge is 0.489 e. The van der Waals surface area contributed by atoms with Gasteiger partial charge in [-0.25, -0.2) is 4.79 Å². The molecule has 2 fully saturated rings. The number of ether oxygens (including phenoxy) is 2. The van der Waals surface area contributed by atoms with Gasteiger partial charge in [0.25, 0.3) is 0 Å². The van der Waals surface area contributed by atoms with Gasteiger partial charge >= 0.3 is 6.09 Å². The molecule has 6 aromatic rings. The number of anilines is 1. The molecule has 1 aromatic heterocycles. The molecule has 8 rings (SSSR count). The lowest BCUT2D eigenvalue weighted by molar-refractivity contribution is -0.142. The van der Waals surface area contributed by atoms with Crippen molar-refractivity contribution in [2.45, 2.75) is 88.4 Å². The normalized spacial score (nSPS) is 20.8. The average Bonchev–Trinajstić information content (AvgIpc) is 4.03. The van der Waals surface area contributed by atoms with Crippen LogP contribution < -0.4 is 47.7 Å². The Bertz CT molecular complexity index is 3000. The maximum absolute atomic E-state index is 15.4. The van der Waals surface area contributed by atoms with E-state index in [2.05, 4.69) is 31.6 Å². The molecule has 402 valence electrons. The fourth-order valence-electron chi connectivity index (χ4n) is 9.80. The highest BCUT2D eigenvalue weighted by molar-refractivity contribution is 6.06. The molecule has 0 spiro atoms. The van der Waals surface area contributed by atoms with E-state index in [0.29, 0.717) is 65.3 Å². The number of alkyl carbamates (subject to hydrolysis) is 1. The van der Waals surface area contributed by atoms with E-state index in [1.807, 2.05) is 67.6 Å². The molecular weight excluding hydrogens is 981 g/mol. The van der Waals surface area contributed by atoms with E-state index in [1.54, 1.807) is 78.9 Å². The Morgan fingerprint density at radius 2 is 1.31 bits per heavy atom. The van der Waals surface area contributed by atoms with Gasteiger partial charge in [0, 0.05) is 43.3 Å². The summed E-state index contributed by atoms with van der Waals surface area (Å²) in [5, 5.41) is 14.9. The van der Waals surface area contributed by atoms with Gasteiger partial charge in [0.15, 0.2) is 0 Å². The first-order chi connectivity index (χ1) is 37.4. The molecule has 0 bridgehead atoms.